The summed E-state index contributed by atoms with van der Waals surface area (Å²) < 4.78 is 5.63. The summed E-state index contributed by atoms with van der Waals surface area (Å²) in [5.41, 5.74) is 0. The normalized spacial score (nSPS) is 14.5. The summed E-state index contributed by atoms with van der Waals surface area (Å²) in [4.78, 5) is 0. The zero-order valence-corrected chi connectivity index (χ0v) is 13.5. The van der Waals surface area contributed by atoms with Crippen molar-refractivity contribution in [1.82, 2.24) is 0 Å². The molecule has 116 valence electrons. The molecule has 0 aliphatic rings. The fourth-order valence-electron chi connectivity index (χ4n) is 2.43. The Hall–Kier alpha value is -0.0800. The van der Waals surface area contributed by atoms with Gasteiger partial charge in [0.1, 0.15) is 0 Å². The number of aliphatic hydroxyl groups excluding tert-OH is 1. The minimum atomic E-state index is -0.0156. The van der Waals surface area contributed by atoms with Crippen molar-refractivity contribution in [2.45, 2.75) is 104 Å². The van der Waals surface area contributed by atoms with E-state index in [1.807, 2.05) is 6.92 Å². The van der Waals surface area contributed by atoms with Gasteiger partial charge in [-0.2, -0.15) is 0 Å². The van der Waals surface area contributed by atoms with E-state index >= 15 is 0 Å². The van der Waals surface area contributed by atoms with Crippen LogP contribution in [0.15, 0.2) is 0 Å². The molecule has 0 aromatic carbocycles. The first-order valence-corrected chi connectivity index (χ1v) is 8.47. The third-order valence-electron chi connectivity index (χ3n) is 3.69. The van der Waals surface area contributed by atoms with E-state index < -0.39 is 0 Å². The van der Waals surface area contributed by atoms with Crippen LogP contribution in [0, 0.1) is 0 Å². The molecular formula is C17H36O2. The van der Waals surface area contributed by atoms with Gasteiger partial charge < -0.3 is 9.84 Å². The maximum absolute atomic E-state index is 8.90. The number of hydrogen-bond acceptors (Lipinski definition) is 2. The van der Waals surface area contributed by atoms with Crippen LogP contribution < -0.4 is 0 Å². The third-order valence-corrected chi connectivity index (χ3v) is 3.69. The molecule has 0 aromatic rings. The second-order valence-electron chi connectivity index (χ2n) is 5.91. The third kappa shape index (κ3) is 14.1. The lowest BCUT2D eigenvalue weighted by Crippen LogP contribution is -2.20. The fraction of sp³-hybridized carbons (Fsp3) is 1.00. The van der Waals surface area contributed by atoms with Crippen LogP contribution in [0.5, 0.6) is 0 Å². The molecule has 0 aliphatic carbocycles. The summed E-state index contributed by atoms with van der Waals surface area (Å²) in [5.74, 6) is 0. The monoisotopic (exact) mass is 272 g/mol. The van der Waals surface area contributed by atoms with Crippen LogP contribution in [-0.4, -0.2) is 23.9 Å². The van der Waals surface area contributed by atoms with Crippen LogP contribution in [0.2, 0.25) is 0 Å². The van der Waals surface area contributed by atoms with Gasteiger partial charge in [0.05, 0.1) is 18.8 Å². The van der Waals surface area contributed by atoms with Gasteiger partial charge in [-0.25, -0.2) is 0 Å². The molecule has 0 rings (SSSR count). The molecule has 0 radical (unpaired) electrons. The Balaban J connectivity index is 3.13. The van der Waals surface area contributed by atoms with Crippen molar-refractivity contribution < 1.29 is 9.84 Å². The first kappa shape index (κ1) is 18.9. The number of unbranched alkanes of at least 4 members (excludes halogenated alkanes) is 9. The van der Waals surface area contributed by atoms with Crippen LogP contribution in [0.3, 0.4) is 0 Å². The molecule has 0 amide bonds. The highest BCUT2D eigenvalue weighted by Gasteiger charge is 2.06. The highest BCUT2D eigenvalue weighted by Crippen LogP contribution is 2.13. The van der Waals surface area contributed by atoms with Crippen molar-refractivity contribution >= 4 is 0 Å². The highest BCUT2D eigenvalue weighted by molar-refractivity contribution is 4.55. The van der Waals surface area contributed by atoms with Gasteiger partial charge in [0, 0.05) is 0 Å². The van der Waals surface area contributed by atoms with Crippen molar-refractivity contribution in [2.75, 3.05) is 6.61 Å². The lowest BCUT2D eigenvalue weighted by molar-refractivity contribution is -0.0246. The largest absolute Gasteiger partial charge is 0.394 e. The molecule has 0 fully saturated rings. The molecule has 0 aliphatic heterocycles. The van der Waals surface area contributed by atoms with Crippen LogP contribution in [0.25, 0.3) is 0 Å². The predicted octanol–water partition coefficient (Wildman–Crippen LogP) is 5.08. The standard InChI is InChI=1S/C17H36O2/c1-4-5-6-7-8-9-10-11-12-13-14-16(2)19-17(3)15-18/h16-18H,4-15H2,1-3H3. The Kier molecular flexibility index (Phi) is 14.3. The Labute approximate surface area is 120 Å². The average Bonchev–Trinajstić information content (AvgIpc) is 2.40. The number of rotatable bonds is 14. The summed E-state index contributed by atoms with van der Waals surface area (Å²) in [5, 5.41) is 8.90. The lowest BCUT2D eigenvalue weighted by Gasteiger charge is -2.17. The first-order valence-electron chi connectivity index (χ1n) is 8.47. The van der Waals surface area contributed by atoms with Gasteiger partial charge >= 0.3 is 0 Å². The topological polar surface area (TPSA) is 29.5 Å². The lowest BCUT2D eigenvalue weighted by atomic mass is 10.0. The Bertz CT molecular complexity index is 171. The summed E-state index contributed by atoms with van der Waals surface area (Å²) in [6, 6.07) is 0. The SMILES string of the molecule is CCCCCCCCCCCCC(C)OC(C)CO. The van der Waals surface area contributed by atoms with Gasteiger partial charge in [0.2, 0.25) is 0 Å². The van der Waals surface area contributed by atoms with Gasteiger partial charge in [-0.05, 0) is 20.3 Å². The van der Waals surface area contributed by atoms with Crippen LogP contribution >= 0.6 is 0 Å². The van der Waals surface area contributed by atoms with Gasteiger partial charge in [-0.15, -0.1) is 0 Å². The second kappa shape index (κ2) is 14.3. The maximum atomic E-state index is 8.90. The highest BCUT2D eigenvalue weighted by atomic mass is 16.5. The summed E-state index contributed by atoms with van der Waals surface area (Å²) in [7, 11) is 0. The Morgan fingerprint density at radius 1 is 0.737 bits per heavy atom. The zero-order valence-electron chi connectivity index (χ0n) is 13.5. The molecule has 19 heavy (non-hydrogen) atoms. The van der Waals surface area contributed by atoms with Crippen LogP contribution in [0.1, 0.15) is 91.4 Å². The van der Waals surface area contributed by atoms with E-state index in [0.717, 1.165) is 6.42 Å². The summed E-state index contributed by atoms with van der Waals surface area (Å²) in [6.07, 6.45) is 15.2. The smallest absolute Gasteiger partial charge is 0.0781 e. The molecule has 0 saturated heterocycles. The maximum Gasteiger partial charge on any atom is 0.0781 e. The molecule has 0 bridgehead atoms. The zero-order chi connectivity index (χ0) is 14.3. The van der Waals surface area contributed by atoms with E-state index in [2.05, 4.69) is 13.8 Å². The Morgan fingerprint density at radius 2 is 1.21 bits per heavy atom. The van der Waals surface area contributed by atoms with E-state index in [-0.39, 0.29) is 18.8 Å². The molecule has 2 heteroatoms. The molecule has 2 atom stereocenters. The van der Waals surface area contributed by atoms with Crippen molar-refractivity contribution in [1.29, 1.82) is 0 Å². The van der Waals surface area contributed by atoms with Gasteiger partial charge in [0.15, 0.2) is 0 Å². The van der Waals surface area contributed by atoms with Gasteiger partial charge in [-0.1, -0.05) is 71.1 Å². The van der Waals surface area contributed by atoms with Crippen molar-refractivity contribution in [2.24, 2.45) is 0 Å². The summed E-state index contributed by atoms with van der Waals surface area (Å²) >= 11 is 0. The van der Waals surface area contributed by atoms with E-state index in [4.69, 9.17) is 9.84 Å². The predicted molar refractivity (Wildman–Crippen MR) is 83.6 cm³/mol. The molecule has 0 saturated carbocycles. The fourth-order valence-corrected chi connectivity index (χ4v) is 2.43. The van der Waals surface area contributed by atoms with Crippen molar-refractivity contribution in [3.8, 4) is 0 Å². The van der Waals surface area contributed by atoms with Crippen molar-refractivity contribution in [3.05, 3.63) is 0 Å². The van der Waals surface area contributed by atoms with E-state index in [1.54, 1.807) is 0 Å². The Morgan fingerprint density at radius 3 is 1.68 bits per heavy atom. The molecule has 0 heterocycles. The van der Waals surface area contributed by atoms with E-state index in [9.17, 15) is 0 Å². The molecular weight excluding hydrogens is 236 g/mol. The number of hydrogen-bond donors (Lipinski definition) is 1. The number of aliphatic hydroxyl groups is 1. The second-order valence-corrected chi connectivity index (χ2v) is 5.91. The van der Waals surface area contributed by atoms with Gasteiger partial charge in [-0.3, -0.25) is 0 Å². The first-order chi connectivity index (χ1) is 9.20. The van der Waals surface area contributed by atoms with Crippen LogP contribution in [-0.2, 0) is 4.74 Å². The molecule has 2 nitrogen and oxygen atoms in total. The molecule has 0 spiro atoms. The van der Waals surface area contributed by atoms with Gasteiger partial charge in [0.25, 0.3) is 0 Å². The molecule has 0 aromatic heterocycles. The van der Waals surface area contributed by atoms with E-state index in [1.165, 1.54) is 64.2 Å². The number of ether oxygens (including phenoxy) is 1. The summed E-state index contributed by atoms with van der Waals surface area (Å²) in [6.45, 7) is 6.43. The van der Waals surface area contributed by atoms with E-state index in [0.29, 0.717) is 0 Å². The van der Waals surface area contributed by atoms with Crippen molar-refractivity contribution in [3.63, 3.8) is 0 Å². The average molecular weight is 272 g/mol. The molecule has 2 unspecified atom stereocenters. The minimum absolute atomic E-state index is 0.0156. The minimum Gasteiger partial charge on any atom is -0.394 e. The molecule has 1 N–H and O–H groups in total. The van der Waals surface area contributed by atoms with Crippen LogP contribution in [0.4, 0.5) is 0 Å². The quantitative estimate of drug-likeness (QED) is 0.447.